The van der Waals surface area contributed by atoms with Crippen molar-refractivity contribution in [2.24, 2.45) is 0 Å². The maximum Gasteiger partial charge on any atom is 0.188 e. The van der Waals surface area contributed by atoms with Crippen molar-refractivity contribution in [2.75, 3.05) is 24.6 Å². The van der Waals surface area contributed by atoms with Gasteiger partial charge in [-0.3, -0.25) is 0 Å². The summed E-state index contributed by atoms with van der Waals surface area (Å²) in [5.41, 5.74) is 0.693. The summed E-state index contributed by atoms with van der Waals surface area (Å²) in [7, 11) is 0. The summed E-state index contributed by atoms with van der Waals surface area (Å²) < 4.78 is 19.6. The van der Waals surface area contributed by atoms with Gasteiger partial charge in [0, 0.05) is 13.1 Å². The summed E-state index contributed by atoms with van der Waals surface area (Å²) in [5, 5.41) is 0. The molecule has 2 nitrogen and oxygen atoms in total. The maximum absolute atomic E-state index is 14.2. The molecule has 0 aliphatic carbocycles. The first kappa shape index (κ1) is 12.2. The van der Waals surface area contributed by atoms with Crippen LogP contribution in [0.2, 0.25) is 0 Å². The number of nitrogens with zero attached hydrogens (tertiary/aromatic N) is 1. The van der Waals surface area contributed by atoms with E-state index in [1.807, 2.05) is 19.1 Å². The Morgan fingerprint density at radius 1 is 1.24 bits per heavy atom. The van der Waals surface area contributed by atoms with Crippen molar-refractivity contribution in [3.8, 4) is 5.75 Å². The number of rotatable bonds is 4. The van der Waals surface area contributed by atoms with Crippen LogP contribution in [0, 0.1) is 5.82 Å². The fourth-order valence-electron chi connectivity index (χ4n) is 2.20. The monoisotopic (exact) mass is 237 g/mol. The van der Waals surface area contributed by atoms with E-state index in [9.17, 15) is 4.39 Å². The Morgan fingerprint density at radius 3 is 2.71 bits per heavy atom. The highest BCUT2D eigenvalue weighted by atomic mass is 19.1. The van der Waals surface area contributed by atoms with Crippen LogP contribution in [0.5, 0.6) is 5.75 Å². The van der Waals surface area contributed by atoms with Gasteiger partial charge in [-0.05, 0) is 37.8 Å². The molecule has 0 unspecified atom stereocenters. The topological polar surface area (TPSA) is 12.5 Å². The molecule has 0 atom stereocenters. The molecular weight excluding hydrogens is 217 g/mol. The van der Waals surface area contributed by atoms with Crippen LogP contribution in [0.3, 0.4) is 0 Å². The lowest BCUT2D eigenvalue weighted by atomic mass is 10.1. The summed E-state index contributed by atoms with van der Waals surface area (Å²) >= 11 is 0. The fourth-order valence-corrected chi connectivity index (χ4v) is 2.20. The first-order valence-corrected chi connectivity index (χ1v) is 6.49. The minimum absolute atomic E-state index is 0.206. The molecule has 1 aromatic carbocycles. The van der Waals surface area contributed by atoms with Crippen molar-refractivity contribution in [3.05, 3.63) is 24.0 Å². The summed E-state index contributed by atoms with van der Waals surface area (Å²) in [6, 6.07) is 5.43. The van der Waals surface area contributed by atoms with Gasteiger partial charge in [0.25, 0.3) is 0 Å². The molecule has 2 rings (SSSR count). The Morgan fingerprint density at radius 2 is 2.00 bits per heavy atom. The molecule has 17 heavy (non-hydrogen) atoms. The summed E-state index contributed by atoms with van der Waals surface area (Å²) in [4.78, 5) is 2.12. The van der Waals surface area contributed by atoms with Crippen LogP contribution in [0.15, 0.2) is 18.2 Å². The van der Waals surface area contributed by atoms with Gasteiger partial charge in [0.15, 0.2) is 11.6 Å². The van der Waals surface area contributed by atoms with Gasteiger partial charge in [0.2, 0.25) is 0 Å². The lowest BCUT2D eigenvalue weighted by Gasteiger charge is -2.29. The SMILES string of the molecule is CCCOc1cccc(N2CCCCC2)c1F. The third-order valence-corrected chi connectivity index (χ3v) is 3.10. The maximum atomic E-state index is 14.2. The highest BCUT2D eigenvalue weighted by Crippen LogP contribution is 2.29. The van der Waals surface area contributed by atoms with Crippen LogP contribution in [0.25, 0.3) is 0 Å². The highest BCUT2D eigenvalue weighted by Gasteiger charge is 2.17. The number of anilines is 1. The Balaban J connectivity index is 2.15. The van der Waals surface area contributed by atoms with Gasteiger partial charge < -0.3 is 9.64 Å². The first-order valence-electron chi connectivity index (χ1n) is 6.49. The van der Waals surface area contributed by atoms with Gasteiger partial charge in [-0.25, -0.2) is 4.39 Å². The molecule has 0 radical (unpaired) electrons. The van der Waals surface area contributed by atoms with Crippen LogP contribution in [0.1, 0.15) is 32.6 Å². The summed E-state index contributed by atoms with van der Waals surface area (Å²) in [5.74, 6) is 0.178. The molecule has 0 saturated carbocycles. The standard InChI is InChI=1S/C14H20FNO/c1-2-11-17-13-8-6-7-12(14(13)15)16-9-4-3-5-10-16/h6-8H,2-5,9-11H2,1H3. The number of ether oxygens (including phenoxy) is 1. The van der Waals surface area contributed by atoms with E-state index in [-0.39, 0.29) is 5.82 Å². The fraction of sp³-hybridized carbons (Fsp3) is 0.571. The number of hydrogen-bond acceptors (Lipinski definition) is 2. The molecule has 0 aromatic heterocycles. The van der Waals surface area contributed by atoms with E-state index in [0.717, 1.165) is 32.4 Å². The van der Waals surface area contributed by atoms with Crippen LogP contribution >= 0.6 is 0 Å². The minimum atomic E-state index is -0.206. The normalized spacial score (nSPS) is 16.0. The Labute approximate surface area is 102 Å². The lowest BCUT2D eigenvalue weighted by molar-refractivity contribution is 0.301. The minimum Gasteiger partial charge on any atom is -0.490 e. The van der Waals surface area contributed by atoms with E-state index in [1.54, 1.807) is 6.07 Å². The van der Waals surface area contributed by atoms with Crippen molar-refractivity contribution in [2.45, 2.75) is 32.6 Å². The molecule has 1 fully saturated rings. The largest absolute Gasteiger partial charge is 0.490 e. The summed E-state index contributed by atoms with van der Waals surface area (Å²) in [6.45, 7) is 4.50. The zero-order valence-corrected chi connectivity index (χ0v) is 10.4. The summed E-state index contributed by atoms with van der Waals surface area (Å²) in [6.07, 6.45) is 4.45. The van der Waals surface area contributed by atoms with Crippen molar-refractivity contribution in [1.82, 2.24) is 0 Å². The van der Waals surface area contributed by atoms with Gasteiger partial charge in [-0.1, -0.05) is 13.0 Å². The average Bonchev–Trinajstić information content (AvgIpc) is 2.39. The third-order valence-electron chi connectivity index (χ3n) is 3.10. The number of benzene rings is 1. The molecule has 94 valence electrons. The zero-order chi connectivity index (χ0) is 12.1. The van der Waals surface area contributed by atoms with Crippen molar-refractivity contribution in [1.29, 1.82) is 0 Å². The number of piperidine rings is 1. The number of halogens is 1. The second-order valence-corrected chi connectivity index (χ2v) is 4.49. The van der Waals surface area contributed by atoms with Gasteiger partial charge in [-0.2, -0.15) is 0 Å². The number of hydrogen-bond donors (Lipinski definition) is 0. The van der Waals surface area contributed by atoms with Gasteiger partial charge in [0.05, 0.1) is 12.3 Å². The van der Waals surface area contributed by atoms with E-state index in [1.165, 1.54) is 6.42 Å². The average molecular weight is 237 g/mol. The van der Waals surface area contributed by atoms with Crippen molar-refractivity contribution >= 4 is 5.69 Å². The van der Waals surface area contributed by atoms with E-state index < -0.39 is 0 Å². The third kappa shape index (κ3) is 2.90. The van der Waals surface area contributed by atoms with Crippen LogP contribution < -0.4 is 9.64 Å². The molecule has 1 aliphatic rings. The van der Waals surface area contributed by atoms with E-state index >= 15 is 0 Å². The predicted molar refractivity (Wildman–Crippen MR) is 68.3 cm³/mol. The first-order chi connectivity index (χ1) is 8.33. The van der Waals surface area contributed by atoms with Crippen molar-refractivity contribution in [3.63, 3.8) is 0 Å². The molecule has 1 aliphatic heterocycles. The van der Waals surface area contributed by atoms with E-state index in [0.29, 0.717) is 18.0 Å². The molecule has 3 heteroatoms. The lowest BCUT2D eigenvalue weighted by Crippen LogP contribution is -2.30. The Bertz CT molecular complexity index is 361. The van der Waals surface area contributed by atoms with Crippen LogP contribution in [-0.4, -0.2) is 19.7 Å². The molecule has 0 bridgehead atoms. The predicted octanol–water partition coefficient (Wildman–Crippen LogP) is 3.60. The molecule has 0 amide bonds. The van der Waals surface area contributed by atoms with Gasteiger partial charge in [-0.15, -0.1) is 0 Å². The van der Waals surface area contributed by atoms with Crippen molar-refractivity contribution < 1.29 is 9.13 Å². The second kappa shape index (κ2) is 5.89. The van der Waals surface area contributed by atoms with Gasteiger partial charge >= 0.3 is 0 Å². The molecule has 1 heterocycles. The molecular formula is C14H20FNO. The van der Waals surface area contributed by atoms with Crippen LogP contribution in [-0.2, 0) is 0 Å². The Hall–Kier alpha value is -1.25. The van der Waals surface area contributed by atoms with Gasteiger partial charge in [0.1, 0.15) is 0 Å². The molecule has 0 N–H and O–H groups in total. The van der Waals surface area contributed by atoms with E-state index in [4.69, 9.17) is 4.74 Å². The second-order valence-electron chi connectivity index (χ2n) is 4.49. The quantitative estimate of drug-likeness (QED) is 0.793. The Kier molecular flexibility index (Phi) is 4.24. The van der Waals surface area contributed by atoms with E-state index in [2.05, 4.69) is 4.90 Å². The highest BCUT2D eigenvalue weighted by molar-refractivity contribution is 5.52. The molecule has 0 spiro atoms. The molecule has 1 saturated heterocycles. The van der Waals surface area contributed by atoms with Crippen LogP contribution in [0.4, 0.5) is 10.1 Å². The molecule has 1 aromatic rings. The smallest absolute Gasteiger partial charge is 0.188 e. The zero-order valence-electron chi connectivity index (χ0n) is 10.4.